The van der Waals surface area contributed by atoms with E-state index >= 15 is 0 Å². The fourth-order valence-electron chi connectivity index (χ4n) is 3.54. The highest BCUT2D eigenvalue weighted by Crippen LogP contribution is 2.32. The highest BCUT2D eigenvalue weighted by atomic mass is 32.2. The molecule has 12 heteroatoms. The van der Waals surface area contributed by atoms with Gasteiger partial charge in [0.15, 0.2) is 0 Å². The summed E-state index contributed by atoms with van der Waals surface area (Å²) >= 11 is 1.08. The molecule has 1 fully saturated rings. The Balaban J connectivity index is 1.47. The maximum atomic E-state index is 14.1. The molecule has 0 saturated carbocycles. The van der Waals surface area contributed by atoms with Crippen molar-refractivity contribution >= 4 is 33.0 Å². The second-order valence-corrected chi connectivity index (χ2v) is 10.3. The van der Waals surface area contributed by atoms with Crippen molar-refractivity contribution in [3.8, 4) is 5.75 Å². The number of benzene rings is 2. The van der Waals surface area contributed by atoms with E-state index in [1.807, 2.05) is 0 Å². The molecule has 3 aromatic rings. The van der Waals surface area contributed by atoms with Crippen LogP contribution in [0, 0.1) is 11.6 Å². The first-order valence-corrected chi connectivity index (χ1v) is 12.3. The van der Waals surface area contributed by atoms with Gasteiger partial charge in [-0.25, -0.2) is 17.2 Å². The topological polar surface area (TPSA) is 101 Å². The van der Waals surface area contributed by atoms with E-state index in [0.29, 0.717) is 35.4 Å². The zero-order valence-electron chi connectivity index (χ0n) is 17.5. The molecule has 2 heterocycles. The predicted molar refractivity (Wildman–Crippen MR) is 118 cm³/mol. The van der Waals surface area contributed by atoms with Gasteiger partial charge in [0.1, 0.15) is 27.3 Å². The number of nitrogens with zero attached hydrogens (tertiary/aromatic N) is 3. The Morgan fingerprint density at radius 2 is 1.94 bits per heavy atom. The van der Waals surface area contributed by atoms with E-state index in [2.05, 4.69) is 15.5 Å². The lowest BCUT2D eigenvalue weighted by atomic mass is 10.0. The van der Waals surface area contributed by atoms with Gasteiger partial charge in [0, 0.05) is 30.8 Å². The molecule has 0 unspecified atom stereocenters. The molecule has 0 bridgehead atoms. The molecule has 4 rings (SSSR count). The van der Waals surface area contributed by atoms with Crippen LogP contribution in [-0.2, 0) is 10.0 Å². The van der Waals surface area contributed by atoms with Crippen LogP contribution in [0.25, 0.3) is 0 Å². The first-order valence-electron chi connectivity index (χ1n) is 10.0. The number of carbonyl (C=O) groups excluding carboxylic acids is 1. The standard InChI is InChI=1S/C21H20F2N4O4S2/c1-31-16-7-5-15(6-8-16)24-19(28)21-26-25-20(32-21)13-3-2-10-27(12-13)33(29,30)18-9-4-14(22)11-17(18)23/h4-9,11,13H,2-3,10,12H2,1H3,(H,24,28)/t13-/m0/s1. The van der Waals surface area contributed by atoms with Gasteiger partial charge in [-0.1, -0.05) is 11.3 Å². The number of ether oxygens (including phenoxy) is 1. The monoisotopic (exact) mass is 494 g/mol. The molecule has 33 heavy (non-hydrogen) atoms. The molecule has 8 nitrogen and oxygen atoms in total. The minimum Gasteiger partial charge on any atom is -0.497 e. The summed E-state index contributed by atoms with van der Waals surface area (Å²) in [4.78, 5) is 12.0. The second-order valence-electron chi connectivity index (χ2n) is 7.41. The number of sulfonamides is 1. The molecule has 1 atom stereocenters. The van der Waals surface area contributed by atoms with Crippen LogP contribution < -0.4 is 10.1 Å². The fraction of sp³-hybridized carbons (Fsp3) is 0.286. The maximum Gasteiger partial charge on any atom is 0.286 e. The third-order valence-corrected chi connectivity index (χ3v) is 8.21. The summed E-state index contributed by atoms with van der Waals surface area (Å²) in [7, 11) is -2.60. The Kier molecular flexibility index (Phi) is 6.68. The minimum atomic E-state index is -4.15. The van der Waals surface area contributed by atoms with Crippen LogP contribution in [0.1, 0.15) is 33.6 Å². The van der Waals surface area contributed by atoms with Gasteiger partial charge < -0.3 is 10.1 Å². The molecule has 1 saturated heterocycles. The summed E-state index contributed by atoms with van der Waals surface area (Å²) in [5.41, 5.74) is 0.564. The first-order chi connectivity index (χ1) is 15.8. The predicted octanol–water partition coefficient (Wildman–Crippen LogP) is 3.65. The third-order valence-electron chi connectivity index (χ3n) is 5.23. The molecule has 0 spiro atoms. The largest absolute Gasteiger partial charge is 0.497 e. The molecule has 1 aliphatic heterocycles. The van der Waals surface area contributed by atoms with Gasteiger partial charge >= 0.3 is 0 Å². The Morgan fingerprint density at radius 1 is 1.18 bits per heavy atom. The Labute approximate surface area is 193 Å². The summed E-state index contributed by atoms with van der Waals surface area (Å²) in [6.45, 7) is 0.271. The van der Waals surface area contributed by atoms with E-state index in [9.17, 15) is 22.0 Å². The SMILES string of the molecule is COc1ccc(NC(=O)c2nnc([C@H]3CCCN(S(=O)(=O)c4ccc(F)cc4F)C3)s2)cc1. The summed E-state index contributed by atoms with van der Waals surface area (Å²) < 4.78 is 59.4. The van der Waals surface area contributed by atoms with Gasteiger partial charge in [-0.15, -0.1) is 10.2 Å². The fourth-order valence-corrected chi connectivity index (χ4v) is 5.97. The zero-order chi connectivity index (χ0) is 23.6. The average molecular weight is 495 g/mol. The lowest BCUT2D eigenvalue weighted by Crippen LogP contribution is -2.39. The summed E-state index contributed by atoms with van der Waals surface area (Å²) in [5, 5.41) is 11.4. The molecule has 1 aromatic heterocycles. The number of amides is 1. The number of hydrogen-bond donors (Lipinski definition) is 1. The number of halogens is 2. The molecule has 0 aliphatic carbocycles. The van der Waals surface area contributed by atoms with Gasteiger partial charge in [-0.05, 0) is 49.2 Å². The van der Waals surface area contributed by atoms with E-state index in [-0.39, 0.29) is 24.0 Å². The van der Waals surface area contributed by atoms with Crippen molar-refractivity contribution in [2.24, 2.45) is 0 Å². The lowest BCUT2D eigenvalue weighted by molar-refractivity contribution is 0.102. The van der Waals surface area contributed by atoms with Crippen LogP contribution in [0.4, 0.5) is 14.5 Å². The van der Waals surface area contributed by atoms with Crippen molar-refractivity contribution in [1.82, 2.24) is 14.5 Å². The number of methoxy groups -OCH3 is 1. The van der Waals surface area contributed by atoms with Crippen molar-refractivity contribution in [3.05, 3.63) is 64.1 Å². The molecule has 174 valence electrons. The zero-order valence-corrected chi connectivity index (χ0v) is 19.1. The second kappa shape index (κ2) is 9.49. The molecule has 1 N–H and O–H groups in total. The Bertz CT molecular complexity index is 1270. The van der Waals surface area contributed by atoms with E-state index < -0.39 is 32.5 Å². The number of aromatic nitrogens is 2. The Hall–Kier alpha value is -2.96. The molecule has 1 aliphatic rings. The number of piperidine rings is 1. The average Bonchev–Trinajstić information content (AvgIpc) is 3.30. The summed E-state index contributed by atoms with van der Waals surface area (Å²) in [6.07, 6.45) is 1.17. The number of carbonyl (C=O) groups is 1. The van der Waals surface area contributed by atoms with Crippen LogP contribution in [0.5, 0.6) is 5.75 Å². The van der Waals surface area contributed by atoms with Crippen molar-refractivity contribution in [1.29, 1.82) is 0 Å². The van der Waals surface area contributed by atoms with Gasteiger partial charge in [0.2, 0.25) is 15.0 Å². The lowest BCUT2D eigenvalue weighted by Gasteiger charge is -2.30. The minimum absolute atomic E-state index is 0.0634. The van der Waals surface area contributed by atoms with Crippen LogP contribution in [0.15, 0.2) is 47.4 Å². The molecular weight excluding hydrogens is 474 g/mol. The smallest absolute Gasteiger partial charge is 0.286 e. The molecule has 2 aromatic carbocycles. The van der Waals surface area contributed by atoms with E-state index in [0.717, 1.165) is 27.8 Å². The number of nitrogens with one attached hydrogen (secondary N) is 1. The maximum absolute atomic E-state index is 14.1. The van der Waals surface area contributed by atoms with Crippen LogP contribution in [0.2, 0.25) is 0 Å². The quantitative estimate of drug-likeness (QED) is 0.562. The highest BCUT2D eigenvalue weighted by molar-refractivity contribution is 7.89. The van der Waals surface area contributed by atoms with Crippen LogP contribution in [0.3, 0.4) is 0 Å². The number of rotatable bonds is 6. The van der Waals surface area contributed by atoms with E-state index in [1.165, 1.54) is 0 Å². The van der Waals surface area contributed by atoms with Gasteiger partial charge in [-0.2, -0.15) is 4.31 Å². The molecule has 0 radical (unpaired) electrons. The van der Waals surface area contributed by atoms with Gasteiger partial charge in [-0.3, -0.25) is 4.79 Å². The summed E-state index contributed by atoms with van der Waals surface area (Å²) in [5.74, 6) is -2.05. The third kappa shape index (κ3) is 5.02. The van der Waals surface area contributed by atoms with Crippen molar-refractivity contribution < 1.29 is 26.7 Å². The number of anilines is 1. The van der Waals surface area contributed by atoms with Crippen molar-refractivity contribution in [2.75, 3.05) is 25.5 Å². The summed E-state index contributed by atoms with van der Waals surface area (Å²) in [6, 6.07) is 9.19. The van der Waals surface area contributed by atoms with Crippen LogP contribution in [-0.4, -0.2) is 49.0 Å². The van der Waals surface area contributed by atoms with Crippen LogP contribution >= 0.6 is 11.3 Å². The Morgan fingerprint density at radius 3 is 2.64 bits per heavy atom. The van der Waals surface area contributed by atoms with E-state index in [4.69, 9.17) is 4.74 Å². The molecule has 1 amide bonds. The molecular formula is C21H20F2N4O4S2. The van der Waals surface area contributed by atoms with Crippen molar-refractivity contribution in [2.45, 2.75) is 23.7 Å². The van der Waals surface area contributed by atoms with Crippen molar-refractivity contribution in [3.63, 3.8) is 0 Å². The normalized spacial score (nSPS) is 17.0. The first kappa shape index (κ1) is 23.2. The van der Waals surface area contributed by atoms with Gasteiger partial charge in [0.25, 0.3) is 5.91 Å². The van der Waals surface area contributed by atoms with Gasteiger partial charge in [0.05, 0.1) is 7.11 Å². The van der Waals surface area contributed by atoms with E-state index in [1.54, 1.807) is 31.4 Å². The highest BCUT2D eigenvalue weighted by Gasteiger charge is 2.34. The number of hydrogen-bond acceptors (Lipinski definition) is 7.